The smallest absolute Gasteiger partial charge is 0.201 e. The van der Waals surface area contributed by atoms with E-state index in [9.17, 15) is 4.39 Å². The number of nitrogen functional groups attached to an aromatic ring is 1. The van der Waals surface area contributed by atoms with Gasteiger partial charge in [0.05, 0.1) is 11.8 Å². The molecule has 1 aromatic carbocycles. The summed E-state index contributed by atoms with van der Waals surface area (Å²) >= 11 is 0. The van der Waals surface area contributed by atoms with E-state index in [-0.39, 0.29) is 11.9 Å². The molecule has 0 aliphatic carbocycles. The Morgan fingerprint density at radius 3 is 2.95 bits per heavy atom. The fraction of sp³-hybridized carbons (Fsp3) is 0.214. The van der Waals surface area contributed by atoms with Gasteiger partial charge in [-0.3, -0.25) is 0 Å². The molecule has 0 aliphatic rings. The first-order valence-corrected chi connectivity index (χ1v) is 6.11. The highest BCUT2D eigenvalue weighted by molar-refractivity contribution is 5.79. The summed E-state index contributed by atoms with van der Waals surface area (Å²) in [6, 6.07) is 8.66. The van der Waals surface area contributed by atoms with E-state index in [4.69, 9.17) is 10.2 Å². The Kier molecular flexibility index (Phi) is 2.74. The molecule has 5 heteroatoms. The van der Waals surface area contributed by atoms with Crippen LogP contribution in [0, 0.1) is 5.82 Å². The van der Waals surface area contributed by atoms with Gasteiger partial charge in [-0.2, -0.15) is 0 Å². The number of halogens is 1. The number of fused-ring (bicyclic) bond motifs is 1. The molecule has 2 aromatic heterocycles. The maximum absolute atomic E-state index is 13.7. The van der Waals surface area contributed by atoms with Gasteiger partial charge in [-0.05, 0) is 31.2 Å². The third-order valence-corrected chi connectivity index (χ3v) is 3.22. The molecule has 0 aliphatic heterocycles. The van der Waals surface area contributed by atoms with Crippen LogP contribution >= 0.6 is 0 Å². The number of hydrogen-bond donors (Lipinski definition) is 1. The average Bonchev–Trinajstić information content (AvgIpc) is 2.96. The van der Waals surface area contributed by atoms with Gasteiger partial charge in [-0.15, -0.1) is 0 Å². The first kappa shape index (κ1) is 11.8. The van der Waals surface area contributed by atoms with Crippen LogP contribution in [0.4, 0.5) is 10.3 Å². The Morgan fingerprint density at radius 2 is 2.21 bits per heavy atom. The lowest BCUT2D eigenvalue weighted by Crippen LogP contribution is -2.11. The number of imidazole rings is 1. The maximum Gasteiger partial charge on any atom is 0.201 e. The van der Waals surface area contributed by atoms with Gasteiger partial charge in [0.1, 0.15) is 11.3 Å². The van der Waals surface area contributed by atoms with Crippen LogP contribution in [0.3, 0.4) is 0 Å². The Morgan fingerprint density at radius 1 is 1.37 bits per heavy atom. The van der Waals surface area contributed by atoms with Crippen LogP contribution in [0.2, 0.25) is 0 Å². The number of rotatable bonds is 3. The van der Waals surface area contributed by atoms with Crippen molar-refractivity contribution in [3.8, 4) is 0 Å². The number of hydrogen-bond acceptors (Lipinski definition) is 3. The second-order valence-electron chi connectivity index (χ2n) is 4.58. The molecule has 0 saturated carbocycles. The largest absolute Gasteiger partial charge is 0.469 e. The summed E-state index contributed by atoms with van der Waals surface area (Å²) in [7, 11) is 0. The van der Waals surface area contributed by atoms with Crippen LogP contribution in [0.5, 0.6) is 0 Å². The SMILES string of the molecule is CC(Cc1ccco1)n1c(N)nc2c(F)cccc21. The molecule has 3 rings (SSSR count). The van der Waals surface area contributed by atoms with E-state index >= 15 is 0 Å². The fourth-order valence-electron chi connectivity index (χ4n) is 2.38. The minimum Gasteiger partial charge on any atom is -0.469 e. The first-order chi connectivity index (χ1) is 9.16. The van der Waals surface area contributed by atoms with Crippen molar-refractivity contribution < 1.29 is 8.81 Å². The molecule has 1 unspecified atom stereocenters. The summed E-state index contributed by atoms with van der Waals surface area (Å²) in [5, 5.41) is 0. The molecule has 1 atom stereocenters. The van der Waals surface area contributed by atoms with Crippen LogP contribution in [0.25, 0.3) is 11.0 Å². The van der Waals surface area contributed by atoms with Crippen molar-refractivity contribution in [3.05, 3.63) is 48.2 Å². The van der Waals surface area contributed by atoms with Crippen molar-refractivity contribution in [2.45, 2.75) is 19.4 Å². The molecule has 3 aromatic rings. The van der Waals surface area contributed by atoms with E-state index < -0.39 is 0 Å². The predicted octanol–water partition coefficient (Wildman–Crippen LogP) is 3.15. The molecular formula is C14H14FN3O. The number of nitrogens with two attached hydrogens (primary N) is 1. The predicted molar refractivity (Wildman–Crippen MR) is 71.2 cm³/mol. The van der Waals surface area contributed by atoms with E-state index in [0.29, 0.717) is 23.4 Å². The first-order valence-electron chi connectivity index (χ1n) is 6.11. The lowest BCUT2D eigenvalue weighted by atomic mass is 10.2. The minimum absolute atomic E-state index is 0.0398. The summed E-state index contributed by atoms with van der Waals surface area (Å²) < 4.78 is 20.8. The highest BCUT2D eigenvalue weighted by atomic mass is 19.1. The highest BCUT2D eigenvalue weighted by Gasteiger charge is 2.17. The molecule has 0 fully saturated rings. The summed E-state index contributed by atoms with van der Waals surface area (Å²) in [6.45, 7) is 2.00. The van der Waals surface area contributed by atoms with Crippen molar-refractivity contribution in [1.82, 2.24) is 9.55 Å². The zero-order valence-corrected chi connectivity index (χ0v) is 10.5. The highest BCUT2D eigenvalue weighted by Crippen LogP contribution is 2.26. The summed E-state index contributed by atoms with van der Waals surface area (Å²) in [5.74, 6) is 0.831. The Bertz CT molecular complexity index is 703. The van der Waals surface area contributed by atoms with Gasteiger partial charge >= 0.3 is 0 Å². The van der Waals surface area contributed by atoms with Gasteiger partial charge in [0.2, 0.25) is 5.95 Å². The van der Waals surface area contributed by atoms with Crippen molar-refractivity contribution in [1.29, 1.82) is 0 Å². The van der Waals surface area contributed by atoms with Crippen molar-refractivity contribution in [2.75, 3.05) is 5.73 Å². The van der Waals surface area contributed by atoms with Crippen molar-refractivity contribution >= 4 is 17.0 Å². The number of furan rings is 1. The van der Waals surface area contributed by atoms with Gasteiger partial charge in [0.25, 0.3) is 0 Å². The van der Waals surface area contributed by atoms with Crippen LogP contribution in [-0.4, -0.2) is 9.55 Å². The normalized spacial score (nSPS) is 12.9. The third kappa shape index (κ3) is 1.97. The van der Waals surface area contributed by atoms with E-state index in [1.165, 1.54) is 6.07 Å². The van der Waals surface area contributed by atoms with Gasteiger partial charge in [0.15, 0.2) is 5.82 Å². The monoisotopic (exact) mass is 259 g/mol. The minimum atomic E-state index is -0.354. The number of nitrogens with zero attached hydrogens (tertiary/aromatic N) is 2. The molecule has 98 valence electrons. The van der Waals surface area contributed by atoms with E-state index in [0.717, 1.165) is 5.76 Å². The zero-order valence-electron chi connectivity index (χ0n) is 10.5. The molecule has 19 heavy (non-hydrogen) atoms. The number of para-hydroxylation sites is 1. The second-order valence-corrected chi connectivity index (χ2v) is 4.58. The van der Waals surface area contributed by atoms with E-state index in [1.54, 1.807) is 12.3 Å². The van der Waals surface area contributed by atoms with Gasteiger partial charge in [-0.25, -0.2) is 9.37 Å². The van der Waals surface area contributed by atoms with Gasteiger partial charge in [0, 0.05) is 12.5 Å². The van der Waals surface area contributed by atoms with E-state index in [1.807, 2.05) is 29.7 Å². The van der Waals surface area contributed by atoms with Gasteiger partial charge in [-0.1, -0.05) is 6.07 Å². The summed E-state index contributed by atoms with van der Waals surface area (Å²) in [5.41, 5.74) is 6.92. The third-order valence-electron chi connectivity index (χ3n) is 3.22. The molecule has 0 spiro atoms. The average molecular weight is 259 g/mol. The lowest BCUT2D eigenvalue weighted by molar-refractivity contribution is 0.456. The zero-order chi connectivity index (χ0) is 13.4. The standard InChI is InChI=1S/C14H14FN3O/c1-9(8-10-4-3-7-19-10)18-12-6-2-5-11(15)13(12)17-14(18)16/h2-7,9H,8H2,1H3,(H2,16,17). The molecule has 2 N–H and O–H groups in total. The van der Waals surface area contributed by atoms with Crippen LogP contribution < -0.4 is 5.73 Å². The Labute approximate surface area is 109 Å². The van der Waals surface area contributed by atoms with Crippen LogP contribution in [0.1, 0.15) is 18.7 Å². The molecule has 0 saturated heterocycles. The molecule has 0 radical (unpaired) electrons. The molecule has 0 amide bonds. The molecular weight excluding hydrogens is 245 g/mol. The number of anilines is 1. The van der Waals surface area contributed by atoms with Crippen molar-refractivity contribution in [2.24, 2.45) is 0 Å². The summed E-state index contributed by atoms with van der Waals surface area (Å²) in [4.78, 5) is 4.10. The van der Waals surface area contributed by atoms with Crippen LogP contribution in [-0.2, 0) is 6.42 Å². The summed E-state index contributed by atoms with van der Waals surface area (Å²) in [6.07, 6.45) is 2.32. The lowest BCUT2D eigenvalue weighted by Gasteiger charge is -2.14. The fourth-order valence-corrected chi connectivity index (χ4v) is 2.38. The quantitative estimate of drug-likeness (QED) is 0.786. The second kappa shape index (κ2) is 4.42. The number of benzene rings is 1. The van der Waals surface area contributed by atoms with Crippen molar-refractivity contribution in [3.63, 3.8) is 0 Å². The number of aromatic nitrogens is 2. The molecule has 4 nitrogen and oxygen atoms in total. The van der Waals surface area contributed by atoms with E-state index in [2.05, 4.69) is 4.98 Å². The maximum atomic E-state index is 13.7. The molecule has 0 bridgehead atoms. The topological polar surface area (TPSA) is 57.0 Å². The Balaban J connectivity index is 2.04. The Hall–Kier alpha value is -2.30. The molecule has 2 heterocycles. The van der Waals surface area contributed by atoms with Gasteiger partial charge < -0.3 is 14.7 Å². The van der Waals surface area contributed by atoms with Crippen LogP contribution in [0.15, 0.2) is 41.0 Å².